The van der Waals surface area contributed by atoms with Crippen LogP contribution in [0.25, 0.3) is 0 Å². The number of rotatable bonds is 0. The van der Waals surface area contributed by atoms with Gasteiger partial charge in [0.15, 0.2) is 0 Å². The van der Waals surface area contributed by atoms with E-state index in [2.05, 4.69) is 0 Å². The van der Waals surface area contributed by atoms with E-state index < -0.39 is 29.3 Å². The number of nitrogens with zero attached hydrogens (tertiary/aromatic N) is 2. The molecule has 0 bridgehead atoms. The molecule has 5 nitrogen and oxygen atoms in total. The van der Waals surface area contributed by atoms with Gasteiger partial charge in [0.1, 0.15) is 5.60 Å². The molecular weight excluding hydrogens is 337 g/mol. The molecule has 2 fully saturated rings. The molecule has 3 aliphatic rings. The Morgan fingerprint density at radius 2 is 1.68 bits per heavy atom. The van der Waals surface area contributed by atoms with E-state index >= 15 is 0 Å². The minimum absolute atomic E-state index is 0.00972. The van der Waals surface area contributed by atoms with Crippen LogP contribution in [0.4, 0.5) is 18.0 Å². The summed E-state index contributed by atoms with van der Waals surface area (Å²) in [6.07, 6.45) is -0.389. The second kappa shape index (κ2) is 5.38. The van der Waals surface area contributed by atoms with Crippen molar-refractivity contribution in [2.24, 2.45) is 5.41 Å². The lowest BCUT2D eigenvalue weighted by molar-refractivity contribution is -0.209. The van der Waals surface area contributed by atoms with Crippen LogP contribution < -0.4 is 0 Å². The van der Waals surface area contributed by atoms with Crippen LogP contribution in [0.1, 0.15) is 40.0 Å². The second-order valence-corrected chi connectivity index (χ2v) is 8.50. The molecule has 0 aromatic heterocycles. The number of carbonyl (C=O) groups is 2. The minimum Gasteiger partial charge on any atom is -0.444 e. The highest BCUT2D eigenvalue weighted by Crippen LogP contribution is 2.59. The van der Waals surface area contributed by atoms with E-state index in [1.54, 1.807) is 31.7 Å². The fourth-order valence-electron chi connectivity index (χ4n) is 4.36. The molecule has 0 N–H and O–H groups in total. The minimum atomic E-state index is -4.86. The maximum atomic E-state index is 12.9. The lowest BCUT2D eigenvalue weighted by Gasteiger charge is -2.67. The molecule has 0 atom stereocenters. The van der Waals surface area contributed by atoms with Gasteiger partial charge in [-0.15, -0.1) is 0 Å². The van der Waals surface area contributed by atoms with E-state index in [9.17, 15) is 22.8 Å². The molecule has 2 spiro atoms. The topological polar surface area (TPSA) is 49.9 Å². The number of hydrogen-bond donors (Lipinski definition) is 0. The van der Waals surface area contributed by atoms with Gasteiger partial charge in [0.2, 0.25) is 0 Å². The van der Waals surface area contributed by atoms with Gasteiger partial charge in [0.05, 0.1) is 0 Å². The molecule has 0 radical (unpaired) electrons. The van der Waals surface area contributed by atoms with Crippen LogP contribution in [0.5, 0.6) is 0 Å². The molecule has 2 aliphatic heterocycles. The van der Waals surface area contributed by atoms with E-state index in [1.807, 2.05) is 6.08 Å². The summed E-state index contributed by atoms with van der Waals surface area (Å²) in [6, 6.07) is 0. The fraction of sp³-hybridized carbons (Fsp3) is 0.765. The Labute approximate surface area is 144 Å². The highest BCUT2D eigenvalue weighted by atomic mass is 19.4. The zero-order chi connectivity index (χ0) is 18.7. The highest BCUT2D eigenvalue weighted by Gasteiger charge is 2.65. The van der Waals surface area contributed by atoms with E-state index in [4.69, 9.17) is 4.74 Å². The number of alkyl halides is 3. The van der Waals surface area contributed by atoms with Gasteiger partial charge in [0, 0.05) is 30.6 Å². The molecule has 2 amide bonds. The molecule has 8 heteroatoms. The van der Waals surface area contributed by atoms with Crippen molar-refractivity contribution in [2.45, 2.75) is 57.3 Å². The lowest BCUT2D eigenvalue weighted by atomic mass is 9.51. The molecule has 0 aromatic carbocycles. The number of hydrogen-bond acceptors (Lipinski definition) is 3. The van der Waals surface area contributed by atoms with Gasteiger partial charge in [-0.25, -0.2) is 4.79 Å². The van der Waals surface area contributed by atoms with Crippen molar-refractivity contribution in [3.05, 3.63) is 12.2 Å². The molecule has 140 valence electrons. The fourth-order valence-corrected chi connectivity index (χ4v) is 4.36. The van der Waals surface area contributed by atoms with Gasteiger partial charge >= 0.3 is 18.2 Å². The normalized spacial score (nSPS) is 24.1. The van der Waals surface area contributed by atoms with E-state index in [1.165, 1.54) is 0 Å². The van der Waals surface area contributed by atoms with Crippen LogP contribution in [-0.4, -0.2) is 58.8 Å². The van der Waals surface area contributed by atoms with Crippen LogP contribution in [0.15, 0.2) is 12.2 Å². The first-order valence-electron chi connectivity index (χ1n) is 8.38. The first-order chi connectivity index (χ1) is 11.4. The molecule has 1 aliphatic carbocycles. The summed E-state index contributed by atoms with van der Waals surface area (Å²) < 4.78 is 43.9. The summed E-state index contributed by atoms with van der Waals surface area (Å²) >= 11 is 0. The number of likely N-dealkylation sites (tertiary alicyclic amines) is 1. The van der Waals surface area contributed by atoms with Gasteiger partial charge in [0.25, 0.3) is 0 Å². The van der Waals surface area contributed by atoms with Crippen molar-refractivity contribution in [3.63, 3.8) is 0 Å². The van der Waals surface area contributed by atoms with Crippen molar-refractivity contribution in [1.29, 1.82) is 0 Å². The van der Waals surface area contributed by atoms with Crippen LogP contribution in [0, 0.1) is 5.41 Å². The van der Waals surface area contributed by atoms with Crippen molar-refractivity contribution < 1.29 is 27.5 Å². The molecule has 1 saturated heterocycles. The summed E-state index contributed by atoms with van der Waals surface area (Å²) in [5, 5.41) is 0. The van der Waals surface area contributed by atoms with Gasteiger partial charge in [-0.2, -0.15) is 13.2 Å². The van der Waals surface area contributed by atoms with Crippen molar-refractivity contribution in [2.75, 3.05) is 19.6 Å². The van der Waals surface area contributed by atoms with Crippen molar-refractivity contribution in [3.8, 4) is 0 Å². The van der Waals surface area contributed by atoms with E-state index in [0.29, 0.717) is 32.4 Å². The Hall–Kier alpha value is -1.73. The Balaban J connectivity index is 1.62. The largest absolute Gasteiger partial charge is 0.471 e. The molecule has 25 heavy (non-hydrogen) atoms. The van der Waals surface area contributed by atoms with Gasteiger partial charge in [-0.05, 0) is 40.0 Å². The SMILES string of the molecule is CC(C)(C)OC(=O)N1CC2(C1)CC1(CC=CCN1C(=O)C(F)(F)F)C2. The Bertz CT molecular complexity index is 608. The van der Waals surface area contributed by atoms with Crippen LogP contribution in [-0.2, 0) is 9.53 Å². The first-order valence-corrected chi connectivity index (χ1v) is 8.38. The number of ether oxygens (including phenoxy) is 1. The zero-order valence-electron chi connectivity index (χ0n) is 14.7. The molecule has 0 unspecified atom stereocenters. The first kappa shape index (κ1) is 18.1. The predicted octanol–water partition coefficient (Wildman–Crippen LogP) is 3.11. The highest BCUT2D eigenvalue weighted by molar-refractivity contribution is 5.83. The number of amides is 2. The maximum absolute atomic E-state index is 12.9. The molecule has 2 heterocycles. The van der Waals surface area contributed by atoms with Crippen LogP contribution in [0.2, 0.25) is 0 Å². The number of carbonyl (C=O) groups excluding carboxylic acids is 2. The quantitative estimate of drug-likeness (QED) is 0.624. The Kier molecular flexibility index (Phi) is 3.89. The lowest BCUT2D eigenvalue weighted by Crippen LogP contribution is -2.74. The second-order valence-electron chi connectivity index (χ2n) is 8.50. The molecule has 3 rings (SSSR count). The van der Waals surface area contributed by atoms with Gasteiger partial charge in [-0.3, -0.25) is 4.79 Å². The van der Waals surface area contributed by atoms with Crippen molar-refractivity contribution >= 4 is 12.0 Å². The molecule has 1 saturated carbocycles. The summed E-state index contributed by atoms with van der Waals surface area (Å²) in [5.74, 6) is -1.77. The van der Waals surface area contributed by atoms with Gasteiger partial charge in [-0.1, -0.05) is 12.2 Å². The molecule has 0 aromatic rings. The summed E-state index contributed by atoms with van der Waals surface area (Å²) in [6.45, 7) is 6.29. The van der Waals surface area contributed by atoms with Gasteiger partial charge < -0.3 is 14.5 Å². The maximum Gasteiger partial charge on any atom is 0.471 e. The number of halogens is 3. The van der Waals surface area contributed by atoms with E-state index in [0.717, 1.165) is 4.90 Å². The summed E-state index contributed by atoms with van der Waals surface area (Å²) in [7, 11) is 0. The standard InChI is InChI=1S/C17H23F3N2O3/c1-14(2,3)25-13(24)21-10-15(11-21)8-16(9-15)6-4-5-7-22(16)12(23)17(18,19)20/h4-5H,6-11H2,1-3H3. The van der Waals surface area contributed by atoms with E-state index in [-0.39, 0.29) is 12.0 Å². The summed E-state index contributed by atoms with van der Waals surface area (Å²) in [5.41, 5.74) is -1.53. The smallest absolute Gasteiger partial charge is 0.444 e. The Morgan fingerprint density at radius 1 is 1.08 bits per heavy atom. The summed E-state index contributed by atoms with van der Waals surface area (Å²) in [4.78, 5) is 26.3. The van der Waals surface area contributed by atoms with Crippen LogP contribution in [0.3, 0.4) is 0 Å². The average Bonchev–Trinajstić information content (AvgIpc) is 2.38. The third-order valence-electron chi connectivity index (χ3n) is 5.13. The third kappa shape index (κ3) is 3.22. The zero-order valence-corrected chi connectivity index (χ0v) is 14.7. The molecular formula is C17H23F3N2O3. The van der Waals surface area contributed by atoms with Crippen LogP contribution >= 0.6 is 0 Å². The Morgan fingerprint density at radius 3 is 2.20 bits per heavy atom. The average molecular weight is 360 g/mol. The third-order valence-corrected chi connectivity index (χ3v) is 5.13. The van der Waals surface area contributed by atoms with Crippen molar-refractivity contribution in [1.82, 2.24) is 9.80 Å². The monoisotopic (exact) mass is 360 g/mol. The predicted molar refractivity (Wildman–Crippen MR) is 83.7 cm³/mol.